The van der Waals surface area contributed by atoms with Gasteiger partial charge in [0.1, 0.15) is 5.69 Å². The number of halogens is 2. The highest BCUT2D eigenvalue weighted by Crippen LogP contribution is 2.14. The maximum atomic E-state index is 11.5. The molecule has 0 fully saturated rings. The molecule has 0 amide bonds. The number of hydrogen-bond donors (Lipinski definition) is 1. The fourth-order valence-corrected chi connectivity index (χ4v) is 1.43. The first-order chi connectivity index (χ1) is 6.66. The van der Waals surface area contributed by atoms with Crippen molar-refractivity contribution < 1.29 is 0 Å². The SMILES string of the molecule is Cn1ncc(Cl)c(NCCCBr)c1=O. The number of aromatic nitrogens is 2. The Hall–Kier alpha value is -0.550. The van der Waals surface area contributed by atoms with Crippen molar-refractivity contribution in [1.29, 1.82) is 0 Å². The van der Waals surface area contributed by atoms with Crippen molar-refractivity contribution in [3.05, 3.63) is 21.6 Å². The molecule has 6 heteroatoms. The molecule has 0 saturated carbocycles. The van der Waals surface area contributed by atoms with E-state index in [9.17, 15) is 4.79 Å². The maximum Gasteiger partial charge on any atom is 0.291 e. The molecule has 1 rings (SSSR count). The molecule has 0 aliphatic carbocycles. The Bertz CT molecular complexity index is 366. The van der Waals surface area contributed by atoms with E-state index >= 15 is 0 Å². The molecule has 0 saturated heterocycles. The van der Waals surface area contributed by atoms with Gasteiger partial charge in [0.05, 0.1) is 11.2 Å². The van der Waals surface area contributed by atoms with Crippen molar-refractivity contribution in [2.45, 2.75) is 6.42 Å². The number of hydrogen-bond acceptors (Lipinski definition) is 3. The highest BCUT2D eigenvalue weighted by Gasteiger charge is 2.06. The van der Waals surface area contributed by atoms with E-state index in [0.717, 1.165) is 11.8 Å². The minimum absolute atomic E-state index is 0.202. The highest BCUT2D eigenvalue weighted by molar-refractivity contribution is 9.09. The molecule has 0 unspecified atom stereocenters. The zero-order chi connectivity index (χ0) is 10.6. The van der Waals surface area contributed by atoms with Crippen molar-refractivity contribution in [2.75, 3.05) is 17.2 Å². The number of alkyl halides is 1. The summed E-state index contributed by atoms with van der Waals surface area (Å²) in [7, 11) is 1.59. The van der Waals surface area contributed by atoms with Crippen molar-refractivity contribution >= 4 is 33.2 Å². The molecule has 1 aromatic heterocycles. The molecule has 78 valence electrons. The third kappa shape index (κ3) is 2.72. The summed E-state index contributed by atoms with van der Waals surface area (Å²) < 4.78 is 1.25. The molecule has 0 atom stereocenters. The number of nitrogens with zero attached hydrogens (tertiary/aromatic N) is 2. The quantitative estimate of drug-likeness (QED) is 0.673. The number of nitrogens with one attached hydrogen (secondary N) is 1. The van der Waals surface area contributed by atoms with Gasteiger partial charge in [0, 0.05) is 18.9 Å². The summed E-state index contributed by atoms with van der Waals surface area (Å²) >= 11 is 9.14. The van der Waals surface area contributed by atoms with Crippen LogP contribution >= 0.6 is 27.5 Å². The van der Waals surface area contributed by atoms with Gasteiger partial charge in [-0.25, -0.2) is 4.68 Å². The Morgan fingerprint density at radius 2 is 2.43 bits per heavy atom. The Labute approximate surface area is 95.4 Å². The molecular weight excluding hydrogens is 269 g/mol. The third-order valence-electron chi connectivity index (χ3n) is 1.70. The van der Waals surface area contributed by atoms with Crippen LogP contribution in [0.5, 0.6) is 0 Å². The topological polar surface area (TPSA) is 46.9 Å². The summed E-state index contributed by atoms with van der Waals surface area (Å²) in [6.45, 7) is 0.713. The Balaban J connectivity index is 2.84. The van der Waals surface area contributed by atoms with Crippen LogP contribution in [-0.4, -0.2) is 21.7 Å². The van der Waals surface area contributed by atoms with Gasteiger partial charge < -0.3 is 5.32 Å². The second kappa shape index (κ2) is 5.36. The Morgan fingerprint density at radius 3 is 3.07 bits per heavy atom. The van der Waals surface area contributed by atoms with Crippen LogP contribution < -0.4 is 10.9 Å². The predicted molar refractivity (Wildman–Crippen MR) is 61.4 cm³/mol. The van der Waals surface area contributed by atoms with Crippen LogP contribution in [0.4, 0.5) is 5.69 Å². The molecule has 0 aliphatic heterocycles. The summed E-state index contributed by atoms with van der Waals surface area (Å²) in [6, 6.07) is 0. The van der Waals surface area contributed by atoms with E-state index in [1.807, 2.05) is 0 Å². The lowest BCUT2D eigenvalue weighted by Crippen LogP contribution is -2.23. The van der Waals surface area contributed by atoms with Crippen LogP contribution in [0.2, 0.25) is 5.02 Å². The lowest BCUT2D eigenvalue weighted by Gasteiger charge is -2.07. The predicted octanol–water partition coefficient (Wildman–Crippen LogP) is 1.63. The smallest absolute Gasteiger partial charge is 0.291 e. The lowest BCUT2D eigenvalue weighted by molar-refractivity contribution is 0.708. The zero-order valence-electron chi connectivity index (χ0n) is 7.76. The van der Waals surface area contributed by atoms with Gasteiger partial charge in [0.2, 0.25) is 0 Å². The zero-order valence-corrected chi connectivity index (χ0v) is 10.1. The molecule has 14 heavy (non-hydrogen) atoms. The van der Waals surface area contributed by atoms with Gasteiger partial charge in [-0.2, -0.15) is 5.10 Å². The van der Waals surface area contributed by atoms with Gasteiger partial charge in [-0.3, -0.25) is 4.79 Å². The van der Waals surface area contributed by atoms with E-state index in [1.165, 1.54) is 10.9 Å². The fraction of sp³-hybridized carbons (Fsp3) is 0.500. The van der Waals surface area contributed by atoms with Gasteiger partial charge in [0.25, 0.3) is 5.56 Å². The molecule has 0 bridgehead atoms. The van der Waals surface area contributed by atoms with Gasteiger partial charge in [-0.1, -0.05) is 27.5 Å². The van der Waals surface area contributed by atoms with E-state index in [1.54, 1.807) is 7.05 Å². The van der Waals surface area contributed by atoms with Crippen LogP contribution in [0, 0.1) is 0 Å². The molecule has 1 aromatic rings. The van der Waals surface area contributed by atoms with Crippen molar-refractivity contribution in [3.8, 4) is 0 Å². The second-order valence-corrected chi connectivity index (χ2v) is 3.97. The van der Waals surface area contributed by atoms with Crippen LogP contribution in [0.25, 0.3) is 0 Å². The number of aryl methyl sites for hydroxylation is 1. The lowest BCUT2D eigenvalue weighted by atomic mass is 10.4. The van der Waals surface area contributed by atoms with Crippen molar-refractivity contribution in [3.63, 3.8) is 0 Å². The largest absolute Gasteiger partial charge is 0.379 e. The molecule has 0 aliphatic rings. The molecule has 0 spiro atoms. The molecule has 4 nitrogen and oxygen atoms in total. The van der Waals surface area contributed by atoms with Gasteiger partial charge >= 0.3 is 0 Å². The van der Waals surface area contributed by atoms with Crippen LogP contribution in [-0.2, 0) is 7.05 Å². The van der Waals surface area contributed by atoms with Crippen molar-refractivity contribution in [2.24, 2.45) is 7.05 Å². The molecule has 1 N–H and O–H groups in total. The average molecular weight is 281 g/mol. The molecular formula is C8H11BrClN3O. The standard InChI is InChI=1S/C8H11BrClN3O/c1-13-8(14)7(6(10)5-12-13)11-4-2-3-9/h5,11H,2-4H2,1H3. The highest BCUT2D eigenvalue weighted by atomic mass is 79.9. The summed E-state index contributed by atoms with van der Waals surface area (Å²) in [5.41, 5.74) is 0.220. The number of rotatable bonds is 4. The monoisotopic (exact) mass is 279 g/mol. The first-order valence-corrected chi connectivity index (χ1v) is 5.68. The maximum absolute atomic E-state index is 11.5. The number of anilines is 1. The van der Waals surface area contributed by atoms with Crippen LogP contribution in [0.1, 0.15) is 6.42 Å². The third-order valence-corrected chi connectivity index (χ3v) is 2.55. The van der Waals surface area contributed by atoms with E-state index < -0.39 is 0 Å². The fourth-order valence-electron chi connectivity index (χ4n) is 0.958. The van der Waals surface area contributed by atoms with E-state index in [2.05, 4.69) is 26.3 Å². The molecule has 0 aromatic carbocycles. The Kier molecular flexibility index (Phi) is 4.41. The van der Waals surface area contributed by atoms with Gasteiger partial charge in [0.15, 0.2) is 0 Å². The molecule has 0 radical (unpaired) electrons. The molecule has 1 heterocycles. The van der Waals surface area contributed by atoms with Crippen LogP contribution in [0.3, 0.4) is 0 Å². The average Bonchev–Trinajstić information content (AvgIpc) is 2.18. The van der Waals surface area contributed by atoms with Gasteiger partial charge in [-0.05, 0) is 6.42 Å². The summed E-state index contributed by atoms with van der Waals surface area (Å²) in [5.74, 6) is 0. The Morgan fingerprint density at radius 1 is 1.71 bits per heavy atom. The summed E-state index contributed by atoms with van der Waals surface area (Å²) in [5, 5.41) is 8.03. The van der Waals surface area contributed by atoms with Crippen LogP contribution in [0.15, 0.2) is 11.0 Å². The first kappa shape index (κ1) is 11.5. The normalized spacial score (nSPS) is 10.2. The summed E-state index contributed by atoms with van der Waals surface area (Å²) in [6.07, 6.45) is 2.39. The minimum atomic E-state index is -0.202. The second-order valence-electron chi connectivity index (χ2n) is 2.77. The van der Waals surface area contributed by atoms with Gasteiger partial charge in [-0.15, -0.1) is 0 Å². The van der Waals surface area contributed by atoms with Crippen molar-refractivity contribution in [1.82, 2.24) is 9.78 Å². The minimum Gasteiger partial charge on any atom is -0.379 e. The van der Waals surface area contributed by atoms with E-state index in [4.69, 9.17) is 11.6 Å². The summed E-state index contributed by atoms with van der Waals surface area (Å²) in [4.78, 5) is 11.5. The van der Waals surface area contributed by atoms with E-state index in [0.29, 0.717) is 17.3 Å². The first-order valence-electron chi connectivity index (χ1n) is 4.18. The van der Waals surface area contributed by atoms with E-state index in [-0.39, 0.29) is 5.56 Å².